The van der Waals surface area contributed by atoms with Gasteiger partial charge in [-0.25, -0.2) is 0 Å². The molecule has 0 bridgehead atoms. The smallest absolute Gasteiger partial charge is 0.0617 e. The Morgan fingerprint density at radius 1 is 1.00 bits per heavy atom. The van der Waals surface area contributed by atoms with Crippen molar-refractivity contribution >= 4 is 22.7 Å². The van der Waals surface area contributed by atoms with Gasteiger partial charge in [0.2, 0.25) is 0 Å². The predicted molar refractivity (Wildman–Crippen MR) is 74.9 cm³/mol. The lowest BCUT2D eigenvalue weighted by molar-refractivity contribution is 1.13. The zero-order chi connectivity index (χ0) is 12.3. The molecule has 0 aliphatic carbocycles. The molecule has 3 N–H and O–H groups in total. The summed E-state index contributed by atoms with van der Waals surface area (Å²) in [5.74, 6) is 0. The van der Waals surface area contributed by atoms with E-state index in [0.29, 0.717) is 0 Å². The molecule has 0 fully saturated rings. The Labute approximate surface area is 102 Å². The van der Waals surface area contributed by atoms with Crippen molar-refractivity contribution in [2.45, 2.75) is 0 Å². The minimum Gasteiger partial charge on any atom is -0.397 e. The summed E-state index contributed by atoms with van der Waals surface area (Å²) in [5.41, 5.74) is 9.77. The molecule has 3 nitrogen and oxygen atoms in total. The van der Waals surface area contributed by atoms with E-state index < -0.39 is 0 Å². The highest BCUT2D eigenvalue weighted by molar-refractivity contribution is 5.73. The van der Waals surface area contributed by atoms with Gasteiger partial charge in [0.1, 0.15) is 0 Å². The second kappa shape index (κ2) is 4.78. The second-order valence-electron chi connectivity index (χ2n) is 4.16. The first-order valence-electron chi connectivity index (χ1n) is 5.56. The third kappa shape index (κ3) is 2.69. The summed E-state index contributed by atoms with van der Waals surface area (Å²) in [6.45, 7) is 0. The molecule has 0 radical (unpaired) electrons. The van der Waals surface area contributed by atoms with Crippen LogP contribution in [0.15, 0.2) is 48.5 Å². The molecule has 17 heavy (non-hydrogen) atoms. The number of rotatable bonds is 3. The molecule has 2 rings (SSSR count). The number of benzene rings is 2. The van der Waals surface area contributed by atoms with Crippen LogP contribution in [-0.2, 0) is 0 Å². The van der Waals surface area contributed by atoms with Gasteiger partial charge in [0.25, 0.3) is 0 Å². The summed E-state index contributed by atoms with van der Waals surface area (Å²) in [6, 6.07) is 16.0. The molecule has 0 aromatic heterocycles. The lowest BCUT2D eigenvalue weighted by atomic mass is 10.2. The van der Waals surface area contributed by atoms with E-state index in [4.69, 9.17) is 5.73 Å². The maximum absolute atomic E-state index is 5.89. The van der Waals surface area contributed by atoms with Gasteiger partial charge in [0, 0.05) is 25.5 Å². The maximum Gasteiger partial charge on any atom is 0.0617 e. The Hall–Kier alpha value is -2.16. The van der Waals surface area contributed by atoms with Crippen LogP contribution in [0, 0.1) is 0 Å². The first kappa shape index (κ1) is 11.3. The zero-order valence-electron chi connectivity index (χ0n) is 10.1. The van der Waals surface area contributed by atoms with Gasteiger partial charge in [0.15, 0.2) is 0 Å². The highest BCUT2D eigenvalue weighted by Gasteiger charge is 2.00. The second-order valence-corrected chi connectivity index (χ2v) is 4.16. The largest absolute Gasteiger partial charge is 0.397 e. The third-order valence-corrected chi connectivity index (χ3v) is 2.60. The Kier molecular flexibility index (Phi) is 3.19. The van der Waals surface area contributed by atoms with Crippen LogP contribution in [-0.4, -0.2) is 14.1 Å². The molecule has 0 saturated heterocycles. The topological polar surface area (TPSA) is 41.3 Å². The lowest BCUT2D eigenvalue weighted by Crippen LogP contribution is -2.08. The number of nitrogens with two attached hydrogens (primary N) is 1. The number of nitrogens with one attached hydrogen (secondary N) is 1. The average molecular weight is 227 g/mol. The molecule has 3 heteroatoms. The molecule has 0 atom stereocenters. The summed E-state index contributed by atoms with van der Waals surface area (Å²) in [6.07, 6.45) is 0. The van der Waals surface area contributed by atoms with Crippen molar-refractivity contribution in [2.75, 3.05) is 30.0 Å². The van der Waals surface area contributed by atoms with Crippen LogP contribution in [0.25, 0.3) is 0 Å². The number of para-hydroxylation sites is 2. The molecule has 0 heterocycles. The molecular formula is C14H17N3. The number of nitrogens with zero attached hydrogens (tertiary/aromatic N) is 1. The molecule has 0 saturated carbocycles. The van der Waals surface area contributed by atoms with Crippen molar-refractivity contribution in [3.63, 3.8) is 0 Å². The van der Waals surface area contributed by atoms with E-state index in [0.717, 1.165) is 22.7 Å². The van der Waals surface area contributed by atoms with Gasteiger partial charge >= 0.3 is 0 Å². The average Bonchev–Trinajstić information content (AvgIpc) is 2.32. The van der Waals surface area contributed by atoms with Crippen LogP contribution in [0.4, 0.5) is 22.7 Å². The molecule has 0 amide bonds. The molecule has 0 aliphatic heterocycles. The fourth-order valence-corrected chi connectivity index (χ4v) is 1.63. The number of hydrogen-bond donors (Lipinski definition) is 2. The first-order valence-corrected chi connectivity index (χ1v) is 5.56. The van der Waals surface area contributed by atoms with Crippen LogP contribution in [0.5, 0.6) is 0 Å². The number of anilines is 4. The molecule has 2 aromatic carbocycles. The highest BCUT2D eigenvalue weighted by atomic mass is 15.1. The van der Waals surface area contributed by atoms with E-state index >= 15 is 0 Å². The molecule has 0 aliphatic rings. The van der Waals surface area contributed by atoms with E-state index in [1.807, 2.05) is 50.5 Å². The zero-order valence-corrected chi connectivity index (χ0v) is 10.1. The van der Waals surface area contributed by atoms with Crippen molar-refractivity contribution in [3.8, 4) is 0 Å². The monoisotopic (exact) mass is 227 g/mol. The van der Waals surface area contributed by atoms with Gasteiger partial charge in [-0.15, -0.1) is 0 Å². The summed E-state index contributed by atoms with van der Waals surface area (Å²) in [7, 11) is 4.05. The minimum atomic E-state index is 0.753. The van der Waals surface area contributed by atoms with Crippen molar-refractivity contribution in [1.29, 1.82) is 0 Å². The van der Waals surface area contributed by atoms with Crippen LogP contribution in [0.2, 0.25) is 0 Å². The Morgan fingerprint density at radius 2 is 1.76 bits per heavy atom. The van der Waals surface area contributed by atoms with Crippen molar-refractivity contribution < 1.29 is 0 Å². The fraction of sp³-hybridized carbons (Fsp3) is 0.143. The van der Waals surface area contributed by atoms with Crippen molar-refractivity contribution in [1.82, 2.24) is 0 Å². The Bertz CT molecular complexity index is 506. The Morgan fingerprint density at radius 3 is 2.47 bits per heavy atom. The molecule has 88 valence electrons. The van der Waals surface area contributed by atoms with E-state index in [1.165, 1.54) is 0 Å². The van der Waals surface area contributed by atoms with Gasteiger partial charge in [-0.1, -0.05) is 18.2 Å². The fourth-order valence-electron chi connectivity index (χ4n) is 1.63. The van der Waals surface area contributed by atoms with Crippen LogP contribution < -0.4 is 16.0 Å². The Balaban J connectivity index is 2.25. The third-order valence-electron chi connectivity index (χ3n) is 2.60. The summed E-state index contributed by atoms with van der Waals surface area (Å²) in [5, 5.41) is 3.32. The van der Waals surface area contributed by atoms with E-state index in [1.54, 1.807) is 0 Å². The van der Waals surface area contributed by atoms with Gasteiger partial charge in [0.05, 0.1) is 11.4 Å². The van der Waals surface area contributed by atoms with Crippen LogP contribution in [0.1, 0.15) is 0 Å². The molecular weight excluding hydrogens is 210 g/mol. The van der Waals surface area contributed by atoms with Crippen molar-refractivity contribution in [3.05, 3.63) is 48.5 Å². The van der Waals surface area contributed by atoms with Gasteiger partial charge in [-0.05, 0) is 30.3 Å². The van der Waals surface area contributed by atoms with E-state index in [9.17, 15) is 0 Å². The summed E-state index contributed by atoms with van der Waals surface area (Å²) >= 11 is 0. The molecule has 0 unspecified atom stereocenters. The summed E-state index contributed by atoms with van der Waals surface area (Å²) in [4.78, 5) is 2.07. The van der Waals surface area contributed by atoms with E-state index in [2.05, 4.69) is 22.3 Å². The lowest BCUT2D eigenvalue weighted by Gasteiger charge is -2.15. The minimum absolute atomic E-state index is 0.753. The molecule has 0 spiro atoms. The summed E-state index contributed by atoms with van der Waals surface area (Å²) < 4.78 is 0. The van der Waals surface area contributed by atoms with E-state index in [-0.39, 0.29) is 0 Å². The molecule has 2 aromatic rings. The quantitative estimate of drug-likeness (QED) is 0.792. The predicted octanol–water partition coefficient (Wildman–Crippen LogP) is 3.08. The van der Waals surface area contributed by atoms with Crippen molar-refractivity contribution in [2.24, 2.45) is 0 Å². The normalized spacial score (nSPS) is 10.0. The van der Waals surface area contributed by atoms with Crippen LogP contribution >= 0.6 is 0 Å². The maximum atomic E-state index is 5.89. The standard InChI is InChI=1S/C14H17N3/c1-17(2)12-7-5-6-11(10-12)16-14-9-4-3-8-13(14)15/h3-10,16H,15H2,1-2H3. The van der Waals surface area contributed by atoms with Gasteiger partial charge in [-0.3, -0.25) is 0 Å². The highest BCUT2D eigenvalue weighted by Crippen LogP contribution is 2.24. The van der Waals surface area contributed by atoms with Crippen LogP contribution in [0.3, 0.4) is 0 Å². The van der Waals surface area contributed by atoms with Gasteiger partial charge < -0.3 is 16.0 Å². The SMILES string of the molecule is CN(C)c1cccc(Nc2ccccc2N)c1. The number of nitrogen functional groups attached to an aromatic ring is 1. The van der Waals surface area contributed by atoms with Gasteiger partial charge in [-0.2, -0.15) is 0 Å². The first-order chi connectivity index (χ1) is 8.16. The number of hydrogen-bond acceptors (Lipinski definition) is 3.